The second-order valence-corrected chi connectivity index (χ2v) is 16.4. The summed E-state index contributed by atoms with van der Waals surface area (Å²) in [4.78, 5) is 15.8. The summed E-state index contributed by atoms with van der Waals surface area (Å²) >= 11 is 0. The number of benzene rings is 1. The standard InChI is InChI=1S/C38H57NO9/c1-7-43-16-17-44-18-19-45-20-21-46-33(40)47-27-11-10-26-22-29-36-12-13-38(42-6,28(23-36)35(5,41)34(2,3)4)32-37(36,30(26)31(27)48-32)14-15-39(29)24-25-8-9-25/h10-11,25,28-29,32,41H,7-9,12-24H2,1-6H3/t28-,29-,32-,35+,36?,37?,38+/m1/s1. The summed E-state index contributed by atoms with van der Waals surface area (Å²) in [6, 6.07) is 4.40. The lowest BCUT2D eigenvalue weighted by molar-refractivity contribution is -0.312. The molecule has 0 aromatic heterocycles. The van der Waals surface area contributed by atoms with Crippen molar-refractivity contribution in [1.82, 2.24) is 4.90 Å². The Hall–Kier alpha value is -1.95. The highest BCUT2D eigenvalue weighted by Crippen LogP contribution is 2.78. The summed E-state index contributed by atoms with van der Waals surface area (Å²) in [5, 5.41) is 12.4. The van der Waals surface area contributed by atoms with Gasteiger partial charge in [0.25, 0.3) is 0 Å². The summed E-state index contributed by atoms with van der Waals surface area (Å²) in [6.45, 7) is 15.5. The Kier molecular flexibility index (Phi) is 9.11. The van der Waals surface area contributed by atoms with Gasteiger partial charge in [0.15, 0.2) is 11.5 Å². The van der Waals surface area contributed by atoms with Gasteiger partial charge in [-0.15, -0.1) is 0 Å². The van der Waals surface area contributed by atoms with Crippen LogP contribution in [0.15, 0.2) is 12.1 Å². The van der Waals surface area contributed by atoms with E-state index in [0.717, 1.165) is 51.1 Å². The van der Waals surface area contributed by atoms with Gasteiger partial charge in [0, 0.05) is 48.6 Å². The zero-order valence-corrected chi connectivity index (χ0v) is 29.9. The van der Waals surface area contributed by atoms with Gasteiger partial charge in [-0.25, -0.2) is 4.79 Å². The van der Waals surface area contributed by atoms with E-state index in [4.69, 9.17) is 33.2 Å². The molecule has 1 aromatic rings. The van der Waals surface area contributed by atoms with E-state index in [1.165, 1.54) is 24.0 Å². The lowest BCUT2D eigenvalue weighted by Crippen LogP contribution is -2.83. The Balaban J connectivity index is 1.14. The molecule has 2 spiro atoms. The molecule has 0 amide bonds. The molecule has 2 heterocycles. The van der Waals surface area contributed by atoms with Gasteiger partial charge in [-0.2, -0.15) is 0 Å². The molecule has 5 aliphatic carbocycles. The second-order valence-electron chi connectivity index (χ2n) is 16.4. The number of carbonyl (C=O) groups excluding carboxylic acids is 1. The number of rotatable bonds is 15. The lowest BCUT2D eigenvalue weighted by atomic mass is 9.33. The Bertz CT molecular complexity index is 1360. The molecule has 4 bridgehead atoms. The summed E-state index contributed by atoms with van der Waals surface area (Å²) in [5.41, 5.74) is 0.108. The van der Waals surface area contributed by atoms with E-state index in [0.29, 0.717) is 50.6 Å². The van der Waals surface area contributed by atoms with E-state index in [-0.39, 0.29) is 41.5 Å². The number of piperidine rings is 1. The predicted octanol–water partition coefficient (Wildman–Crippen LogP) is 5.29. The van der Waals surface area contributed by atoms with Gasteiger partial charge in [0.2, 0.25) is 0 Å². The third-order valence-corrected chi connectivity index (χ3v) is 13.4. The van der Waals surface area contributed by atoms with E-state index in [1.54, 1.807) is 7.11 Å². The van der Waals surface area contributed by atoms with Gasteiger partial charge in [0.1, 0.15) is 18.3 Å². The monoisotopic (exact) mass is 671 g/mol. The number of hydrogen-bond acceptors (Lipinski definition) is 10. The van der Waals surface area contributed by atoms with Crippen molar-refractivity contribution < 1.29 is 43.1 Å². The molecular formula is C38H57NO9. The van der Waals surface area contributed by atoms with Gasteiger partial charge in [-0.1, -0.05) is 26.8 Å². The molecular weight excluding hydrogens is 614 g/mol. The van der Waals surface area contributed by atoms with Crippen molar-refractivity contribution in [3.05, 3.63) is 23.3 Å². The van der Waals surface area contributed by atoms with Crippen molar-refractivity contribution >= 4 is 6.16 Å². The fourth-order valence-electron chi connectivity index (χ4n) is 10.5. The van der Waals surface area contributed by atoms with Crippen molar-refractivity contribution in [3.8, 4) is 11.5 Å². The Labute approximate surface area is 286 Å². The molecule has 268 valence electrons. The van der Waals surface area contributed by atoms with E-state index in [9.17, 15) is 9.90 Å². The fourth-order valence-corrected chi connectivity index (χ4v) is 10.5. The minimum absolute atomic E-state index is 0.0729. The molecule has 10 nitrogen and oxygen atoms in total. The quantitative estimate of drug-likeness (QED) is 0.150. The summed E-state index contributed by atoms with van der Waals surface area (Å²) < 4.78 is 41.4. The normalized spacial score (nSPS) is 34.4. The van der Waals surface area contributed by atoms with E-state index >= 15 is 0 Å². The first-order valence-electron chi connectivity index (χ1n) is 18.4. The largest absolute Gasteiger partial charge is 0.514 e. The predicted molar refractivity (Wildman–Crippen MR) is 179 cm³/mol. The van der Waals surface area contributed by atoms with Gasteiger partial charge in [0.05, 0.1) is 38.6 Å². The Morgan fingerprint density at radius 3 is 2.38 bits per heavy atom. The number of carbonyl (C=O) groups is 1. The lowest BCUT2D eigenvalue weighted by Gasteiger charge is -2.75. The highest BCUT2D eigenvalue weighted by molar-refractivity contribution is 5.70. The molecule has 5 fully saturated rings. The third kappa shape index (κ3) is 5.22. The zero-order valence-electron chi connectivity index (χ0n) is 29.9. The van der Waals surface area contributed by atoms with Gasteiger partial charge >= 0.3 is 6.16 Å². The molecule has 1 saturated heterocycles. The molecule has 1 N–H and O–H groups in total. The van der Waals surface area contributed by atoms with Gasteiger partial charge < -0.3 is 38.3 Å². The van der Waals surface area contributed by atoms with Crippen molar-refractivity contribution in [2.75, 3.05) is 66.4 Å². The number of nitrogens with zero attached hydrogens (tertiary/aromatic N) is 1. The topological polar surface area (TPSA) is 105 Å². The number of methoxy groups -OCH3 is 1. The molecule has 2 aliphatic heterocycles. The number of likely N-dealkylation sites (tertiary alicyclic amines) is 1. The average Bonchev–Trinajstić information content (AvgIpc) is 3.80. The highest BCUT2D eigenvalue weighted by atomic mass is 16.7. The molecule has 4 saturated carbocycles. The molecule has 1 aromatic carbocycles. The summed E-state index contributed by atoms with van der Waals surface area (Å²) in [6.07, 6.45) is 6.25. The van der Waals surface area contributed by atoms with Crippen LogP contribution in [0.25, 0.3) is 0 Å². The summed E-state index contributed by atoms with van der Waals surface area (Å²) in [7, 11) is 1.81. The molecule has 8 rings (SSSR count). The minimum atomic E-state index is -0.993. The molecule has 48 heavy (non-hydrogen) atoms. The maximum Gasteiger partial charge on any atom is 0.514 e. The van der Waals surface area contributed by atoms with Gasteiger partial charge in [-0.05, 0) is 88.3 Å². The molecule has 7 atom stereocenters. The first-order valence-corrected chi connectivity index (χ1v) is 18.4. The number of aliphatic hydroxyl groups is 1. The van der Waals surface area contributed by atoms with Crippen molar-refractivity contribution in [1.29, 1.82) is 0 Å². The van der Waals surface area contributed by atoms with E-state index in [1.807, 2.05) is 19.9 Å². The van der Waals surface area contributed by atoms with Gasteiger partial charge in [-0.3, -0.25) is 4.90 Å². The zero-order chi connectivity index (χ0) is 34.0. The van der Waals surface area contributed by atoms with Crippen LogP contribution in [-0.2, 0) is 35.5 Å². The molecule has 10 heteroatoms. The van der Waals surface area contributed by atoms with Crippen molar-refractivity contribution in [2.24, 2.45) is 22.7 Å². The number of ether oxygens (including phenoxy) is 7. The van der Waals surface area contributed by atoms with Crippen LogP contribution in [0.4, 0.5) is 4.79 Å². The van der Waals surface area contributed by atoms with Crippen LogP contribution >= 0.6 is 0 Å². The average molecular weight is 672 g/mol. The molecule has 7 aliphatic rings. The minimum Gasteiger partial charge on any atom is -0.482 e. The van der Waals surface area contributed by atoms with E-state index in [2.05, 4.69) is 31.7 Å². The van der Waals surface area contributed by atoms with Crippen LogP contribution in [0.1, 0.15) is 84.3 Å². The maximum atomic E-state index is 13.0. The van der Waals surface area contributed by atoms with Crippen LogP contribution in [-0.4, -0.2) is 106 Å². The van der Waals surface area contributed by atoms with Crippen LogP contribution in [0.5, 0.6) is 11.5 Å². The maximum absolute atomic E-state index is 13.0. The third-order valence-electron chi connectivity index (χ3n) is 13.4. The fraction of sp³-hybridized carbons (Fsp3) is 0.816. The molecule has 0 radical (unpaired) electrons. The number of hydrogen-bond donors (Lipinski definition) is 1. The SMILES string of the molecule is CCOCCOCCOCCOC(=O)Oc1ccc2c3c1O[C@@H]1C34CCN(CC3CC3)[C@H](C2)C42CC[C@]1(OC)[C@@H]([C@](C)(O)C(C)(C)C)C2. The van der Waals surface area contributed by atoms with Crippen LogP contribution in [0.3, 0.4) is 0 Å². The van der Waals surface area contributed by atoms with E-state index < -0.39 is 17.4 Å². The van der Waals surface area contributed by atoms with Crippen LogP contribution in [0.2, 0.25) is 0 Å². The highest BCUT2D eigenvalue weighted by Gasteiger charge is 2.82. The first-order chi connectivity index (χ1) is 22.9. The first kappa shape index (κ1) is 34.5. The number of fused-ring (bicyclic) bond motifs is 2. The van der Waals surface area contributed by atoms with Crippen LogP contribution in [0, 0.1) is 22.7 Å². The molecule has 2 unspecified atom stereocenters. The van der Waals surface area contributed by atoms with Crippen LogP contribution < -0.4 is 9.47 Å². The summed E-state index contributed by atoms with van der Waals surface area (Å²) in [5.74, 6) is 1.73. The Morgan fingerprint density at radius 2 is 1.71 bits per heavy atom. The smallest absolute Gasteiger partial charge is 0.482 e. The Morgan fingerprint density at radius 1 is 1.00 bits per heavy atom. The van der Waals surface area contributed by atoms with Crippen molar-refractivity contribution in [3.63, 3.8) is 0 Å². The second kappa shape index (κ2) is 12.7. The van der Waals surface area contributed by atoms with Crippen molar-refractivity contribution in [2.45, 2.75) is 108 Å².